The number of alkyl halides is 3. The molecule has 1 amide bonds. The van der Waals surface area contributed by atoms with Crippen molar-refractivity contribution in [1.29, 1.82) is 0 Å². The van der Waals surface area contributed by atoms with Gasteiger partial charge in [-0.1, -0.05) is 13.8 Å². The van der Waals surface area contributed by atoms with Crippen molar-refractivity contribution in [3.8, 4) is 0 Å². The van der Waals surface area contributed by atoms with E-state index in [4.69, 9.17) is 5.73 Å². The summed E-state index contributed by atoms with van der Waals surface area (Å²) >= 11 is 0. The molecule has 0 saturated heterocycles. The Morgan fingerprint density at radius 2 is 2.00 bits per heavy atom. The molecule has 0 rings (SSSR count). The molecule has 4 nitrogen and oxygen atoms in total. The molecule has 0 radical (unpaired) electrons. The van der Waals surface area contributed by atoms with Gasteiger partial charge in [-0.3, -0.25) is 4.79 Å². The smallest absolute Gasteiger partial charge is 0.370 e. The lowest BCUT2D eigenvalue weighted by Gasteiger charge is -2.14. The zero-order chi connectivity index (χ0) is 13.5. The first kappa shape index (κ1) is 16.2. The van der Waals surface area contributed by atoms with E-state index in [-0.39, 0.29) is 25.0 Å². The third-order valence-corrected chi connectivity index (χ3v) is 1.87. The number of hydrogen-bond donors (Lipinski definition) is 2. The molecule has 0 aromatic rings. The molecule has 0 aliphatic heterocycles. The Bertz CT molecular complexity index is 232. The van der Waals surface area contributed by atoms with Crippen molar-refractivity contribution in [3.63, 3.8) is 0 Å². The van der Waals surface area contributed by atoms with E-state index < -0.39 is 18.8 Å². The number of nitrogens with one attached hydrogen (secondary N) is 1. The second-order valence-corrected chi connectivity index (χ2v) is 4.19. The van der Waals surface area contributed by atoms with Crippen molar-refractivity contribution in [2.45, 2.75) is 32.5 Å². The Balaban J connectivity index is 3.58. The van der Waals surface area contributed by atoms with Gasteiger partial charge in [-0.25, -0.2) is 0 Å². The predicted molar refractivity (Wildman–Crippen MR) is 57.3 cm³/mol. The van der Waals surface area contributed by atoms with E-state index in [0.717, 1.165) is 0 Å². The first-order valence-corrected chi connectivity index (χ1v) is 5.40. The third-order valence-electron chi connectivity index (χ3n) is 1.87. The summed E-state index contributed by atoms with van der Waals surface area (Å²) in [6.07, 6.45) is -3.80. The molecule has 0 aliphatic carbocycles. The number of nitrogens with two attached hydrogens (primary N) is 1. The minimum Gasteiger partial charge on any atom is -0.370 e. The van der Waals surface area contributed by atoms with E-state index in [9.17, 15) is 18.0 Å². The van der Waals surface area contributed by atoms with Crippen LogP contribution in [0.2, 0.25) is 0 Å². The van der Waals surface area contributed by atoms with Crippen LogP contribution in [0.1, 0.15) is 20.3 Å². The summed E-state index contributed by atoms with van der Waals surface area (Å²) in [7, 11) is 0. The molecule has 0 heterocycles. The zero-order valence-corrected chi connectivity index (χ0v) is 10.0. The van der Waals surface area contributed by atoms with Crippen LogP contribution in [-0.4, -0.2) is 37.9 Å². The van der Waals surface area contributed by atoms with Crippen LogP contribution in [0.15, 0.2) is 0 Å². The van der Waals surface area contributed by atoms with E-state index in [1.54, 1.807) is 0 Å². The van der Waals surface area contributed by atoms with Gasteiger partial charge in [-0.15, -0.1) is 0 Å². The van der Waals surface area contributed by atoms with Crippen molar-refractivity contribution in [2.75, 3.05) is 19.8 Å². The van der Waals surface area contributed by atoms with Crippen LogP contribution in [0.4, 0.5) is 13.2 Å². The quantitative estimate of drug-likeness (QED) is 0.669. The highest BCUT2D eigenvalue weighted by Crippen LogP contribution is 2.13. The van der Waals surface area contributed by atoms with Gasteiger partial charge in [0.2, 0.25) is 5.91 Å². The maximum Gasteiger partial charge on any atom is 0.411 e. The molecule has 0 aromatic carbocycles. The second kappa shape index (κ2) is 7.50. The van der Waals surface area contributed by atoms with Crippen molar-refractivity contribution in [2.24, 2.45) is 11.7 Å². The van der Waals surface area contributed by atoms with Crippen LogP contribution in [0, 0.1) is 5.92 Å². The second-order valence-electron chi connectivity index (χ2n) is 4.19. The van der Waals surface area contributed by atoms with E-state index in [2.05, 4.69) is 10.1 Å². The number of hydrogen-bond acceptors (Lipinski definition) is 3. The van der Waals surface area contributed by atoms with Gasteiger partial charge in [0.15, 0.2) is 0 Å². The predicted octanol–water partition coefficient (Wildman–Crippen LogP) is 1.05. The first-order valence-electron chi connectivity index (χ1n) is 5.40. The van der Waals surface area contributed by atoms with Crippen molar-refractivity contribution in [3.05, 3.63) is 0 Å². The Morgan fingerprint density at radius 1 is 1.41 bits per heavy atom. The van der Waals surface area contributed by atoms with Gasteiger partial charge in [0.1, 0.15) is 6.61 Å². The highest BCUT2D eigenvalue weighted by atomic mass is 19.4. The van der Waals surface area contributed by atoms with Crippen LogP contribution in [0.5, 0.6) is 0 Å². The summed E-state index contributed by atoms with van der Waals surface area (Å²) in [4.78, 5) is 11.3. The van der Waals surface area contributed by atoms with Gasteiger partial charge in [-0.05, 0) is 12.3 Å². The third kappa shape index (κ3) is 10.1. The van der Waals surface area contributed by atoms with Gasteiger partial charge in [-0.2, -0.15) is 13.2 Å². The Kier molecular flexibility index (Phi) is 7.13. The average molecular weight is 256 g/mol. The van der Waals surface area contributed by atoms with Crippen LogP contribution in [-0.2, 0) is 9.53 Å². The van der Waals surface area contributed by atoms with Crippen LogP contribution < -0.4 is 11.1 Å². The Morgan fingerprint density at radius 3 is 2.47 bits per heavy atom. The number of halogens is 3. The lowest BCUT2D eigenvalue weighted by atomic mass is 10.0. The lowest BCUT2D eigenvalue weighted by Crippen LogP contribution is -2.42. The van der Waals surface area contributed by atoms with Crippen molar-refractivity contribution < 1.29 is 22.7 Å². The van der Waals surface area contributed by atoms with E-state index in [1.165, 1.54) is 0 Å². The summed E-state index contributed by atoms with van der Waals surface area (Å²) in [5.74, 6) is -0.0773. The number of carbonyl (C=O) groups is 1. The Hall–Kier alpha value is -0.820. The molecular weight excluding hydrogens is 237 g/mol. The summed E-state index contributed by atoms with van der Waals surface area (Å²) in [6.45, 7) is 2.40. The maximum atomic E-state index is 11.7. The van der Waals surface area contributed by atoms with E-state index >= 15 is 0 Å². The number of rotatable bonds is 7. The molecule has 0 fully saturated rings. The van der Waals surface area contributed by atoms with Gasteiger partial charge in [0, 0.05) is 6.54 Å². The van der Waals surface area contributed by atoms with Crippen LogP contribution in [0.25, 0.3) is 0 Å². The van der Waals surface area contributed by atoms with Crippen LogP contribution >= 0.6 is 0 Å². The maximum absolute atomic E-state index is 11.7. The normalized spacial score (nSPS) is 13.8. The molecule has 1 atom stereocenters. The highest BCUT2D eigenvalue weighted by Gasteiger charge is 2.27. The van der Waals surface area contributed by atoms with E-state index in [1.807, 2.05) is 13.8 Å². The number of amides is 1. The topological polar surface area (TPSA) is 64.4 Å². The zero-order valence-electron chi connectivity index (χ0n) is 10.0. The average Bonchev–Trinajstić information content (AvgIpc) is 2.13. The molecular formula is C10H19F3N2O2. The minimum absolute atomic E-state index is 0.0285. The number of carbonyl (C=O) groups excluding carboxylic acids is 1. The molecule has 0 aromatic heterocycles. The fraction of sp³-hybridized carbons (Fsp3) is 0.900. The van der Waals surface area contributed by atoms with Gasteiger partial charge < -0.3 is 15.8 Å². The highest BCUT2D eigenvalue weighted by molar-refractivity contribution is 5.81. The van der Waals surface area contributed by atoms with Gasteiger partial charge in [0.25, 0.3) is 0 Å². The molecule has 3 N–H and O–H groups in total. The van der Waals surface area contributed by atoms with Gasteiger partial charge in [0.05, 0.1) is 12.6 Å². The molecule has 7 heteroatoms. The SMILES string of the molecule is CC(C)C[C@H](N)C(=O)NCCOCC(F)(F)F. The monoisotopic (exact) mass is 256 g/mol. The summed E-state index contributed by atoms with van der Waals surface area (Å²) in [5.41, 5.74) is 5.57. The van der Waals surface area contributed by atoms with Crippen LogP contribution in [0.3, 0.4) is 0 Å². The fourth-order valence-electron chi connectivity index (χ4n) is 1.18. The molecule has 0 unspecified atom stereocenters. The standard InChI is InChI=1S/C10H19F3N2O2/c1-7(2)5-8(14)9(16)15-3-4-17-6-10(11,12)13/h7-8H,3-6,14H2,1-2H3,(H,15,16)/t8-/m0/s1. The van der Waals surface area contributed by atoms with Gasteiger partial charge >= 0.3 is 6.18 Å². The summed E-state index contributed by atoms with van der Waals surface area (Å²) in [5, 5.41) is 2.42. The van der Waals surface area contributed by atoms with Crippen molar-refractivity contribution in [1.82, 2.24) is 5.32 Å². The molecule has 0 bridgehead atoms. The molecule has 17 heavy (non-hydrogen) atoms. The minimum atomic E-state index is -4.34. The fourth-order valence-corrected chi connectivity index (χ4v) is 1.18. The molecule has 0 spiro atoms. The van der Waals surface area contributed by atoms with E-state index in [0.29, 0.717) is 6.42 Å². The van der Waals surface area contributed by atoms with Crippen molar-refractivity contribution >= 4 is 5.91 Å². The summed E-state index contributed by atoms with van der Waals surface area (Å²) < 4.78 is 39.4. The largest absolute Gasteiger partial charge is 0.411 e. The molecule has 0 aliphatic rings. The lowest BCUT2D eigenvalue weighted by molar-refractivity contribution is -0.173. The molecule has 102 valence electrons. The Labute approximate surface area is 98.7 Å². The molecule has 0 saturated carbocycles. The summed E-state index contributed by atoms with van der Waals surface area (Å²) in [6, 6.07) is -0.627. The first-order chi connectivity index (χ1) is 7.72. The number of ether oxygens (including phenoxy) is 1.